The van der Waals surface area contributed by atoms with Crippen LogP contribution in [0.3, 0.4) is 0 Å². The molecule has 0 atom stereocenters. The highest BCUT2D eigenvalue weighted by molar-refractivity contribution is 5.96. The minimum absolute atomic E-state index is 0.388. The molecule has 1 heterocycles. The van der Waals surface area contributed by atoms with Crippen LogP contribution in [-0.2, 0) is 19.4 Å². The van der Waals surface area contributed by atoms with Crippen molar-refractivity contribution in [2.75, 3.05) is 6.54 Å². The fourth-order valence-electron chi connectivity index (χ4n) is 3.00. The number of hydrogen-bond acceptors (Lipinski definition) is 2. The van der Waals surface area contributed by atoms with Crippen LogP contribution in [0, 0.1) is 0 Å². The zero-order valence-electron chi connectivity index (χ0n) is 13.6. The predicted molar refractivity (Wildman–Crippen MR) is 90.6 cm³/mol. The summed E-state index contributed by atoms with van der Waals surface area (Å²) in [5.41, 5.74) is 9.59. The third-order valence-corrected chi connectivity index (χ3v) is 4.16. The maximum Gasteiger partial charge on any atom is 0.335 e. The summed E-state index contributed by atoms with van der Waals surface area (Å²) in [4.78, 5) is 11.4. The lowest BCUT2D eigenvalue weighted by Gasteiger charge is -2.09. The van der Waals surface area contributed by atoms with E-state index in [1.165, 1.54) is 11.1 Å². The molecule has 0 unspecified atom stereocenters. The molecule has 2 aromatic rings. The third-order valence-electron chi connectivity index (χ3n) is 4.16. The topological polar surface area (TPSA) is 68.2 Å². The van der Waals surface area contributed by atoms with Crippen molar-refractivity contribution < 1.29 is 9.90 Å². The second kappa shape index (κ2) is 7.45. The van der Waals surface area contributed by atoms with Crippen LogP contribution in [0.5, 0.6) is 0 Å². The van der Waals surface area contributed by atoms with E-state index in [1.54, 1.807) is 0 Å². The van der Waals surface area contributed by atoms with Gasteiger partial charge in [0.1, 0.15) is 0 Å². The Balaban J connectivity index is 2.61. The summed E-state index contributed by atoms with van der Waals surface area (Å²) in [7, 11) is 0. The number of aryl methyl sites for hydroxylation is 3. The van der Waals surface area contributed by atoms with Gasteiger partial charge in [0.2, 0.25) is 0 Å². The summed E-state index contributed by atoms with van der Waals surface area (Å²) in [5.74, 6) is -0.854. The molecule has 22 heavy (non-hydrogen) atoms. The molecule has 4 heteroatoms. The van der Waals surface area contributed by atoms with Crippen molar-refractivity contribution in [3.63, 3.8) is 0 Å². The number of aromatic nitrogens is 1. The molecule has 1 aromatic carbocycles. The van der Waals surface area contributed by atoms with E-state index in [0.717, 1.165) is 49.6 Å². The third kappa shape index (κ3) is 3.33. The van der Waals surface area contributed by atoms with Gasteiger partial charge in [-0.05, 0) is 55.5 Å². The molecule has 0 bridgehead atoms. The van der Waals surface area contributed by atoms with Crippen molar-refractivity contribution in [1.82, 2.24) is 4.57 Å². The molecule has 0 aliphatic heterocycles. The standard InChI is InChI=1S/C18H26N2O2/c1-3-5-7-14-12-20(9-6-8-19)17-13(4-2)10-15(18(21)22)11-16(14)17/h10-12H,3-9,19H2,1-2H3,(H,21,22). The molecule has 0 amide bonds. The van der Waals surface area contributed by atoms with Crippen LogP contribution in [-0.4, -0.2) is 22.2 Å². The molecule has 1 aromatic heterocycles. The number of aromatic carboxylic acids is 1. The molecular weight excluding hydrogens is 276 g/mol. The SMILES string of the molecule is CCCCc1cn(CCCN)c2c(CC)cc(C(=O)O)cc12. The van der Waals surface area contributed by atoms with Crippen molar-refractivity contribution in [2.24, 2.45) is 5.73 Å². The van der Waals surface area contributed by atoms with Gasteiger partial charge >= 0.3 is 5.97 Å². The van der Waals surface area contributed by atoms with Gasteiger partial charge < -0.3 is 15.4 Å². The van der Waals surface area contributed by atoms with Crippen molar-refractivity contribution in [3.05, 3.63) is 35.0 Å². The van der Waals surface area contributed by atoms with Gasteiger partial charge in [-0.15, -0.1) is 0 Å². The number of nitrogens with zero attached hydrogens (tertiary/aromatic N) is 1. The van der Waals surface area contributed by atoms with Crippen LogP contribution in [0.25, 0.3) is 10.9 Å². The van der Waals surface area contributed by atoms with Crippen LogP contribution in [0.2, 0.25) is 0 Å². The van der Waals surface area contributed by atoms with Gasteiger partial charge in [0, 0.05) is 18.1 Å². The van der Waals surface area contributed by atoms with Gasteiger partial charge in [-0.2, -0.15) is 0 Å². The fourth-order valence-corrected chi connectivity index (χ4v) is 3.00. The molecule has 120 valence electrons. The smallest absolute Gasteiger partial charge is 0.335 e. The van der Waals surface area contributed by atoms with Gasteiger partial charge in [-0.3, -0.25) is 0 Å². The molecule has 2 rings (SSSR count). The molecule has 3 N–H and O–H groups in total. The number of carboxylic acid groups (broad SMARTS) is 1. The Labute approximate surface area is 131 Å². The quantitative estimate of drug-likeness (QED) is 0.783. The molecule has 0 saturated heterocycles. The van der Waals surface area contributed by atoms with E-state index in [9.17, 15) is 9.90 Å². The Hall–Kier alpha value is -1.81. The molecule has 0 aliphatic carbocycles. The van der Waals surface area contributed by atoms with E-state index in [4.69, 9.17) is 5.73 Å². The lowest BCUT2D eigenvalue weighted by atomic mass is 10.0. The van der Waals surface area contributed by atoms with Crippen LogP contribution >= 0.6 is 0 Å². The van der Waals surface area contributed by atoms with E-state index in [1.807, 2.05) is 12.1 Å². The number of rotatable bonds is 8. The summed E-state index contributed by atoms with van der Waals surface area (Å²) in [6.45, 7) is 5.80. The van der Waals surface area contributed by atoms with Crippen LogP contribution in [0.15, 0.2) is 18.3 Å². The first-order valence-corrected chi connectivity index (χ1v) is 8.20. The molecular formula is C18H26N2O2. The summed E-state index contributed by atoms with van der Waals surface area (Å²) in [6, 6.07) is 3.65. The Kier molecular flexibility index (Phi) is 5.61. The van der Waals surface area contributed by atoms with Gasteiger partial charge in [0.25, 0.3) is 0 Å². The molecule has 0 radical (unpaired) electrons. The Morgan fingerprint density at radius 1 is 1.23 bits per heavy atom. The summed E-state index contributed by atoms with van der Waals surface area (Å²) in [5, 5.41) is 10.5. The summed E-state index contributed by atoms with van der Waals surface area (Å²) < 4.78 is 2.26. The molecule has 0 spiro atoms. The highest BCUT2D eigenvalue weighted by Crippen LogP contribution is 2.28. The van der Waals surface area contributed by atoms with E-state index < -0.39 is 5.97 Å². The highest BCUT2D eigenvalue weighted by Gasteiger charge is 2.15. The van der Waals surface area contributed by atoms with E-state index in [2.05, 4.69) is 24.6 Å². The largest absolute Gasteiger partial charge is 0.478 e. The van der Waals surface area contributed by atoms with Crippen LogP contribution < -0.4 is 5.73 Å². The zero-order chi connectivity index (χ0) is 16.1. The van der Waals surface area contributed by atoms with Gasteiger partial charge in [-0.1, -0.05) is 20.3 Å². The average Bonchev–Trinajstić information content (AvgIpc) is 2.87. The monoisotopic (exact) mass is 302 g/mol. The lowest BCUT2D eigenvalue weighted by molar-refractivity contribution is 0.0697. The zero-order valence-corrected chi connectivity index (χ0v) is 13.6. The predicted octanol–water partition coefficient (Wildman–Crippen LogP) is 3.59. The van der Waals surface area contributed by atoms with Crippen LogP contribution in [0.1, 0.15) is 54.6 Å². The molecule has 0 aliphatic rings. The van der Waals surface area contributed by atoms with E-state index >= 15 is 0 Å². The lowest BCUT2D eigenvalue weighted by Crippen LogP contribution is -2.06. The number of carboxylic acids is 1. The van der Waals surface area contributed by atoms with Crippen molar-refractivity contribution in [1.29, 1.82) is 0 Å². The van der Waals surface area contributed by atoms with Crippen molar-refractivity contribution in [3.8, 4) is 0 Å². The van der Waals surface area contributed by atoms with E-state index in [0.29, 0.717) is 12.1 Å². The number of fused-ring (bicyclic) bond motifs is 1. The first-order valence-electron chi connectivity index (χ1n) is 8.20. The maximum absolute atomic E-state index is 11.4. The van der Waals surface area contributed by atoms with Crippen molar-refractivity contribution in [2.45, 2.75) is 52.5 Å². The fraction of sp³-hybridized carbons (Fsp3) is 0.500. The molecule has 4 nitrogen and oxygen atoms in total. The Morgan fingerprint density at radius 2 is 2.00 bits per heavy atom. The number of unbranched alkanes of at least 4 members (excludes halogenated alkanes) is 1. The summed E-state index contributed by atoms with van der Waals surface area (Å²) >= 11 is 0. The van der Waals surface area contributed by atoms with Gasteiger partial charge in [0.15, 0.2) is 0 Å². The van der Waals surface area contributed by atoms with Crippen LogP contribution in [0.4, 0.5) is 0 Å². The number of carbonyl (C=O) groups is 1. The molecule has 0 saturated carbocycles. The second-order valence-electron chi connectivity index (χ2n) is 5.78. The van der Waals surface area contributed by atoms with Gasteiger partial charge in [-0.25, -0.2) is 4.79 Å². The molecule has 0 fully saturated rings. The van der Waals surface area contributed by atoms with Gasteiger partial charge in [0.05, 0.1) is 11.1 Å². The maximum atomic E-state index is 11.4. The van der Waals surface area contributed by atoms with Crippen molar-refractivity contribution >= 4 is 16.9 Å². The normalized spacial score (nSPS) is 11.2. The minimum Gasteiger partial charge on any atom is -0.478 e. The first kappa shape index (κ1) is 16.6. The Bertz CT molecular complexity index is 659. The number of benzene rings is 1. The van der Waals surface area contributed by atoms with E-state index in [-0.39, 0.29) is 0 Å². The number of hydrogen-bond donors (Lipinski definition) is 2. The highest BCUT2D eigenvalue weighted by atomic mass is 16.4. The summed E-state index contributed by atoms with van der Waals surface area (Å²) in [6.07, 6.45) is 7.21. The average molecular weight is 302 g/mol. The Morgan fingerprint density at radius 3 is 2.59 bits per heavy atom. The first-order chi connectivity index (χ1) is 10.6. The minimum atomic E-state index is -0.854. The second-order valence-corrected chi connectivity index (χ2v) is 5.78. The number of nitrogens with two attached hydrogens (primary N) is 1.